The van der Waals surface area contributed by atoms with Gasteiger partial charge in [-0.25, -0.2) is 0 Å². The van der Waals surface area contributed by atoms with Crippen molar-refractivity contribution >= 4 is 12.0 Å². The number of hydrogen-bond donors (Lipinski definition) is 1. The molecule has 1 atom stereocenters. The summed E-state index contributed by atoms with van der Waals surface area (Å²) in [6.07, 6.45) is 6.23. The van der Waals surface area contributed by atoms with Crippen LogP contribution in [-0.2, 0) is 4.79 Å². The Morgan fingerprint density at radius 2 is 2.00 bits per heavy atom. The first-order valence-electron chi connectivity index (χ1n) is 7.27. The molecule has 3 heteroatoms. The largest absolute Gasteiger partial charge is 0.426 e. The lowest BCUT2D eigenvalue weighted by Crippen LogP contribution is -2.17. The third-order valence-corrected chi connectivity index (χ3v) is 3.14. The Hall–Kier alpha value is -1.61. The van der Waals surface area contributed by atoms with Gasteiger partial charge in [0.2, 0.25) is 0 Å². The van der Waals surface area contributed by atoms with Crippen molar-refractivity contribution in [3.63, 3.8) is 0 Å². The van der Waals surface area contributed by atoms with Gasteiger partial charge in [-0.1, -0.05) is 57.4 Å². The summed E-state index contributed by atoms with van der Waals surface area (Å²) in [6.45, 7) is 5.81. The number of carbonyl (C=O) groups is 1. The lowest BCUT2D eigenvalue weighted by Gasteiger charge is -2.10. The van der Waals surface area contributed by atoms with Crippen LogP contribution in [0.4, 0.5) is 0 Å². The van der Waals surface area contributed by atoms with Crippen molar-refractivity contribution in [2.24, 2.45) is 0 Å². The Labute approximate surface area is 121 Å². The van der Waals surface area contributed by atoms with Gasteiger partial charge in [0.25, 0.3) is 0 Å². The fraction of sp³-hybridized carbons (Fsp3) is 0.471. The molecule has 1 N–H and O–H groups in total. The van der Waals surface area contributed by atoms with E-state index in [0.717, 1.165) is 18.4 Å². The number of carbonyl (C=O) groups excluding carboxylic acids is 1. The van der Waals surface area contributed by atoms with Gasteiger partial charge in [0.15, 0.2) is 0 Å². The molecule has 110 valence electrons. The number of aliphatic hydroxyl groups excluding tert-OH is 1. The molecule has 1 aromatic carbocycles. The molecular weight excluding hydrogens is 252 g/mol. The topological polar surface area (TPSA) is 46.5 Å². The molecule has 20 heavy (non-hydrogen) atoms. The molecule has 3 nitrogen and oxygen atoms in total. The summed E-state index contributed by atoms with van der Waals surface area (Å²) < 4.78 is 5.18. The molecule has 1 rings (SSSR count). The monoisotopic (exact) mass is 276 g/mol. The van der Waals surface area contributed by atoms with E-state index in [1.54, 1.807) is 18.2 Å². The average molecular weight is 276 g/mol. The fourth-order valence-electron chi connectivity index (χ4n) is 1.95. The molecule has 1 aromatic rings. The van der Waals surface area contributed by atoms with Crippen LogP contribution in [0.5, 0.6) is 5.75 Å². The van der Waals surface area contributed by atoms with Gasteiger partial charge in [-0.2, -0.15) is 0 Å². The zero-order valence-corrected chi connectivity index (χ0v) is 12.2. The third-order valence-electron chi connectivity index (χ3n) is 3.14. The molecule has 0 spiro atoms. The van der Waals surface area contributed by atoms with Crippen LogP contribution in [0.1, 0.15) is 51.0 Å². The van der Waals surface area contributed by atoms with Gasteiger partial charge >= 0.3 is 5.97 Å². The Bertz CT molecular complexity index is 409. The fourth-order valence-corrected chi connectivity index (χ4v) is 1.95. The summed E-state index contributed by atoms with van der Waals surface area (Å²) in [7, 11) is 0. The highest BCUT2D eigenvalue weighted by Gasteiger charge is 2.12. The molecule has 0 aliphatic rings. The normalized spacial score (nSPS) is 11.9. The quantitative estimate of drug-likeness (QED) is 0.422. The number of benzene rings is 1. The Morgan fingerprint density at radius 1 is 1.30 bits per heavy atom. The van der Waals surface area contributed by atoms with Gasteiger partial charge in [0.05, 0.1) is 12.5 Å². The summed E-state index contributed by atoms with van der Waals surface area (Å²) in [5.41, 5.74) is 0.973. The summed E-state index contributed by atoms with van der Waals surface area (Å²) in [5.74, 6) is 0.109. The second-order valence-electron chi connectivity index (χ2n) is 4.95. The van der Waals surface area contributed by atoms with E-state index in [4.69, 9.17) is 4.74 Å². The molecule has 0 fully saturated rings. The van der Waals surface area contributed by atoms with Gasteiger partial charge < -0.3 is 9.84 Å². The van der Waals surface area contributed by atoms with Gasteiger partial charge in [0, 0.05) is 0 Å². The molecule has 0 aromatic heterocycles. The van der Waals surface area contributed by atoms with Crippen molar-refractivity contribution in [2.75, 3.05) is 0 Å². The van der Waals surface area contributed by atoms with E-state index in [2.05, 4.69) is 13.5 Å². The maximum Gasteiger partial charge on any atom is 0.313 e. The standard InChI is InChI=1S/C17H24O3/c1-3-5-6-7-8-15(18)13-17(19)20-16-11-9-14(4-2)10-12-16/h4,9-12,15,18H,2-3,5-8,13H2,1H3. The van der Waals surface area contributed by atoms with Crippen molar-refractivity contribution in [2.45, 2.75) is 51.6 Å². The van der Waals surface area contributed by atoms with Crippen LogP contribution < -0.4 is 4.74 Å². The minimum Gasteiger partial charge on any atom is -0.426 e. The van der Waals surface area contributed by atoms with Gasteiger partial charge in [-0.3, -0.25) is 4.79 Å². The van der Waals surface area contributed by atoms with E-state index in [1.807, 2.05) is 12.1 Å². The smallest absolute Gasteiger partial charge is 0.313 e. The Kier molecular flexibility index (Phi) is 7.66. The lowest BCUT2D eigenvalue weighted by molar-refractivity contribution is -0.136. The Balaban J connectivity index is 2.29. The summed E-state index contributed by atoms with van der Waals surface area (Å²) in [5, 5.41) is 9.77. The number of ether oxygens (including phenoxy) is 1. The van der Waals surface area contributed by atoms with E-state index in [1.165, 1.54) is 12.8 Å². The average Bonchev–Trinajstić information content (AvgIpc) is 2.44. The first-order chi connectivity index (χ1) is 9.65. The molecule has 0 heterocycles. The van der Waals surface area contributed by atoms with Crippen molar-refractivity contribution < 1.29 is 14.6 Å². The van der Waals surface area contributed by atoms with E-state index in [9.17, 15) is 9.90 Å². The van der Waals surface area contributed by atoms with Crippen molar-refractivity contribution in [1.29, 1.82) is 0 Å². The van der Waals surface area contributed by atoms with Crippen LogP contribution >= 0.6 is 0 Å². The highest BCUT2D eigenvalue weighted by molar-refractivity contribution is 5.73. The molecule has 0 amide bonds. The van der Waals surface area contributed by atoms with E-state index in [0.29, 0.717) is 12.2 Å². The SMILES string of the molecule is C=Cc1ccc(OC(=O)CC(O)CCCCCC)cc1. The van der Waals surface area contributed by atoms with Crippen LogP contribution in [0.15, 0.2) is 30.8 Å². The second-order valence-corrected chi connectivity index (χ2v) is 4.95. The maximum absolute atomic E-state index is 11.7. The molecule has 0 radical (unpaired) electrons. The molecule has 0 aliphatic carbocycles. The number of unbranched alkanes of at least 4 members (excludes halogenated alkanes) is 3. The predicted octanol–water partition coefficient (Wildman–Crippen LogP) is 3.96. The molecule has 0 bridgehead atoms. The third kappa shape index (κ3) is 6.53. The first-order valence-corrected chi connectivity index (χ1v) is 7.27. The maximum atomic E-state index is 11.7. The Morgan fingerprint density at radius 3 is 2.60 bits per heavy atom. The van der Waals surface area contributed by atoms with Crippen LogP contribution in [0.2, 0.25) is 0 Å². The predicted molar refractivity (Wildman–Crippen MR) is 81.6 cm³/mol. The van der Waals surface area contributed by atoms with Gasteiger partial charge in [-0.15, -0.1) is 0 Å². The van der Waals surface area contributed by atoms with Crippen molar-refractivity contribution in [3.8, 4) is 5.75 Å². The van der Waals surface area contributed by atoms with Crippen LogP contribution in [0.3, 0.4) is 0 Å². The first kappa shape index (κ1) is 16.4. The van der Waals surface area contributed by atoms with E-state index >= 15 is 0 Å². The summed E-state index contributed by atoms with van der Waals surface area (Å²) in [6, 6.07) is 7.11. The molecule has 0 saturated carbocycles. The molecule has 0 aliphatic heterocycles. The summed E-state index contributed by atoms with van der Waals surface area (Å²) in [4.78, 5) is 11.7. The van der Waals surface area contributed by atoms with Crippen LogP contribution in [-0.4, -0.2) is 17.2 Å². The zero-order valence-electron chi connectivity index (χ0n) is 12.2. The highest BCUT2D eigenvalue weighted by Crippen LogP contribution is 2.15. The highest BCUT2D eigenvalue weighted by atomic mass is 16.5. The minimum atomic E-state index is -0.605. The molecule has 0 saturated heterocycles. The van der Waals surface area contributed by atoms with Crippen LogP contribution in [0.25, 0.3) is 6.08 Å². The second kappa shape index (κ2) is 9.32. The molecular formula is C17H24O3. The lowest BCUT2D eigenvalue weighted by atomic mass is 10.1. The number of aliphatic hydroxyl groups is 1. The number of hydrogen-bond acceptors (Lipinski definition) is 3. The zero-order chi connectivity index (χ0) is 14.8. The summed E-state index contributed by atoms with van der Waals surface area (Å²) >= 11 is 0. The van der Waals surface area contributed by atoms with Gasteiger partial charge in [-0.05, 0) is 24.1 Å². The van der Waals surface area contributed by atoms with Crippen LogP contribution in [0, 0.1) is 0 Å². The van der Waals surface area contributed by atoms with E-state index in [-0.39, 0.29) is 12.4 Å². The number of rotatable bonds is 9. The number of esters is 1. The van der Waals surface area contributed by atoms with E-state index < -0.39 is 6.10 Å². The molecule has 1 unspecified atom stereocenters. The van der Waals surface area contributed by atoms with Gasteiger partial charge in [0.1, 0.15) is 5.75 Å². The van der Waals surface area contributed by atoms with Crippen molar-refractivity contribution in [1.82, 2.24) is 0 Å². The van der Waals surface area contributed by atoms with Crippen molar-refractivity contribution in [3.05, 3.63) is 36.4 Å². The minimum absolute atomic E-state index is 0.0509.